The van der Waals surface area contributed by atoms with Crippen LogP contribution in [-0.2, 0) is 15.7 Å². The van der Waals surface area contributed by atoms with Crippen molar-refractivity contribution in [2.24, 2.45) is 5.16 Å². The number of para-hydroxylation sites is 1. The summed E-state index contributed by atoms with van der Waals surface area (Å²) in [4.78, 5) is 8.13. The van der Waals surface area contributed by atoms with Gasteiger partial charge in [-0.25, -0.2) is 0 Å². The van der Waals surface area contributed by atoms with E-state index in [1.165, 1.54) is 0 Å². The van der Waals surface area contributed by atoms with Crippen molar-refractivity contribution in [1.29, 1.82) is 0 Å². The van der Waals surface area contributed by atoms with Crippen LogP contribution in [0.3, 0.4) is 0 Å². The van der Waals surface area contributed by atoms with Crippen LogP contribution < -0.4 is 4.90 Å². The van der Waals surface area contributed by atoms with Crippen LogP contribution in [0.4, 0.5) is 5.69 Å². The SMILES string of the molecule is CC(C)(C)c1cc(C2=NOC(c3ccccc3)N2c2ccccc2)cc(C(C)(C)C)c1O. The fourth-order valence-corrected chi connectivity index (χ4v) is 4.07. The molecule has 0 fully saturated rings. The van der Waals surface area contributed by atoms with Gasteiger partial charge < -0.3 is 9.94 Å². The Morgan fingerprint density at radius 1 is 0.781 bits per heavy atom. The second-order valence-corrected chi connectivity index (χ2v) is 10.4. The smallest absolute Gasteiger partial charge is 0.231 e. The first-order chi connectivity index (χ1) is 15.1. The molecule has 32 heavy (non-hydrogen) atoms. The van der Waals surface area contributed by atoms with E-state index < -0.39 is 0 Å². The molecule has 0 saturated carbocycles. The van der Waals surface area contributed by atoms with Crippen molar-refractivity contribution in [3.8, 4) is 5.75 Å². The lowest BCUT2D eigenvalue weighted by Gasteiger charge is -2.30. The second kappa shape index (κ2) is 8.01. The summed E-state index contributed by atoms with van der Waals surface area (Å²) in [5.41, 5.74) is 4.31. The number of nitrogens with zero attached hydrogens (tertiary/aromatic N) is 2. The van der Waals surface area contributed by atoms with Gasteiger partial charge in [-0.3, -0.25) is 4.90 Å². The topological polar surface area (TPSA) is 45.1 Å². The van der Waals surface area contributed by atoms with Crippen LogP contribution >= 0.6 is 0 Å². The monoisotopic (exact) mass is 428 g/mol. The average Bonchev–Trinajstić information content (AvgIpc) is 3.18. The number of benzene rings is 3. The van der Waals surface area contributed by atoms with E-state index in [1.807, 2.05) is 36.4 Å². The summed E-state index contributed by atoms with van der Waals surface area (Å²) in [5.74, 6) is 1.10. The normalized spacial score (nSPS) is 16.6. The first-order valence-corrected chi connectivity index (χ1v) is 11.1. The Hall–Kier alpha value is -3.27. The molecule has 1 aliphatic heterocycles. The highest BCUT2D eigenvalue weighted by Gasteiger charge is 2.36. The molecule has 4 rings (SSSR count). The highest BCUT2D eigenvalue weighted by atomic mass is 16.7. The number of amidine groups is 1. The summed E-state index contributed by atoms with van der Waals surface area (Å²) in [7, 11) is 0. The number of aromatic hydroxyl groups is 1. The maximum atomic E-state index is 11.2. The van der Waals surface area contributed by atoms with Crippen molar-refractivity contribution < 1.29 is 9.94 Å². The van der Waals surface area contributed by atoms with Crippen molar-refractivity contribution in [2.45, 2.75) is 58.6 Å². The Balaban J connectivity index is 1.90. The quantitative estimate of drug-likeness (QED) is 0.494. The zero-order chi connectivity index (χ0) is 23.1. The standard InChI is InChI=1S/C28H32N2O2/c1-27(2,3)22-17-20(18-23(24(22)31)28(4,5)6)25-29-32-26(19-13-9-7-10-14-19)30(25)21-15-11-8-12-16-21/h7-18,26,31H,1-6H3. The van der Waals surface area contributed by atoms with Crippen molar-refractivity contribution >= 4 is 11.5 Å². The maximum Gasteiger partial charge on any atom is 0.231 e. The minimum absolute atomic E-state index is 0.226. The molecule has 0 spiro atoms. The summed E-state index contributed by atoms with van der Waals surface area (Å²) >= 11 is 0. The molecule has 0 saturated heterocycles. The highest BCUT2D eigenvalue weighted by molar-refractivity contribution is 6.11. The van der Waals surface area contributed by atoms with Gasteiger partial charge in [0.25, 0.3) is 0 Å². The Labute approximate surface area is 191 Å². The Morgan fingerprint density at radius 3 is 1.78 bits per heavy atom. The lowest BCUT2D eigenvalue weighted by Crippen LogP contribution is -2.32. The number of rotatable bonds is 3. The zero-order valence-corrected chi connectivity index (χ0v) is 19.8. The van der Waals surface area contributed by atoms with Crippen LogP contribution in [0.1, 0.15) is 70.0 Å². The van der Waals surface area contributed by atoms with E-state index in [0.29, 0.717) is 5.75 Å². The van der Waals surface area contributed by atoms with Gasteiger partial charge in [-0.1, -0.05) is 95.2 Å². The molecule has 0 radical (unpaired) electrons. The Kier molecular flexibility index (Phi) is 5.49. The molecule has 3 aromatic rings. The van der Waals surface area contributed by atoms with E-state index in [1.54, 1.807) is 0 Å². The van der Waals surface area contributed by atoms with Gasteiger partial charge in [-0.05, 0) is 35.1 Å². The molecule has 0 bridgehead atoms. The molecule has 1 unspecified atom stereocenters. The molecule has 3 aromatic carbocycles. The number of anilines is 1. The molecule has 4 nitrogen and oxygen atoms in total. The van der Waals surface area contributed by atoms with Crippen LogP contribution in [0.5, 0.6) is 5.75 Å². The van der Waals surface area contributed by atoms with Crippen LogP contribution in [0.2, 0.25) is 0 Å². The second-order valence-electron chi connectivity index (χ2n) is 10.4. The van der Waals surface area contributed by atoms with Crippen LogP contribution in [0.25, 0.3) is 0 Å². The number of hydrogen-bond acceptors (Lipinski definition) is 4. The highest BCUT2D eigenvalue weighted by Crippen LogP contribution is 2.42. The number of oxime groups is 1. The summed E-state index contributed by atoms with van der Waals surface area (Å²) < 4.78 is 0. The minimum Gasteiger partial charge on any atom is -0.507 e. The average molecular weight is 429 g/mol. The van der Waals surface area contributed by atoms with Crippen molar-refractivity contribution in [3.63, 3.8) is 0 Å². The molecule has 4 heteroatoms. The van der Waals surface area contributed by atoms with E-state index in [4.69, 9.17) is 4.84 Å². The summed E-state index contributed by atoms with van der Waals surface area (Å²) in [5, 5.41) is 15.7. The van der Waals surface area contributed by atoms with Gasteiger partial charge in [0.15, 0.2) is 5.84 Å². The third kappa shape index (κ3) is 4.10. The van der Waals surface area contributed by atoms with Gasteiger partial charge >= 0.3 is 0 Å². The molecule has 0 aromatic heterocycles. The molecular formula is C28H32N2O2. The summed E-state index contributed by atoms with van der Waals surface area (Å²) in [6.45, 7) is 12.7. The molecule has 166 valence electrons. The summed E-state index contributed by atoms with van der Waals surface area (Å²) in [6, 6.07) is 24.4. The Bertz CT molecular complexity index is 1090. The van der Waals surface area contributed by atoms with Gasteiger partial charge in [0.2, 0.25) is 6.23 Å². The van der Waals surface area contributed by atoms with Crippen molar-refractivity contribution in [2.75, 3.05) is 4.90 Å². The third-order valence-electron chi connectivity index (χ3n) is 5.80. The minimum atomic E-state index is -0.362. The lowest BCUT2D eigenvalue weighted by molar-refractivity contribution is 0.0868. The van der Waals surface area contributed by atoms with Gasteiger partial charge in [0.1, 0.15) is 5.75 Å². The molecule has 1 heterocycles. The van der Waals surface area contributed by atoms with Crippen LogP contribution in [0, 0.1) is 0 Å². The first kappa shape index (κ1) is 21.9. The predicted molar refractivity (Wildman–Crippen MR) is 131 cm³/mol. The molecular weight excluding hydrogens is 396 g/mol. The van der Waals surface area contributed by atoms with Crippen molar-refractivity contribution in [3.05, 3.63) is 95.1 Å². The van der Waals surface area contributed by atoms with E-state index in [9.17, 15) is 5.11 Å². The van der Waals surface area contributed by atoms with Crippen LogP contribution in [0.15, 0.2) is 78.0 Å². The number of phenolic OH excluding ortho intramolecular Hbond substituents is 1. The van der Waals surface area contributed by atoms with E-state index in [0.717, 1.165) is 33.8 Å². The molecule has 1 N–H and O–H groups in total. The number of phenols is 1. The van der Waals surface area contributed by atoms with E-state index >= 15 is 0 Å². The predicted octanol–water partition coefficient (Wildman–Crippen LogP) is 6.88. The van der Waals surface area contributed by atoms with Gasteiger partial charge in [0.05, 0.1) is 0 Å². The largest absolute Gasteiger partial charge is 0.507 e. The Morgan fingerprint density at radius 2 is 1.28 bits per heavy atom. The van der Waals surface area contributed by atoms with Gasteiger partial charge in [-0.2, -0.15) is 0 Å². The lowest BCUT2D eigenvalue weighted by atomic mass is 9.78. The molecule has 0 aliphatic carbocycles. The van der Waals surface area contributed by atoms with E-state index in [2.05, 4.69) is 88.0 Å². The van der Waals surface area contributed by atoms with Gasteiger partial charge in [-0.15, -0.1) is 0 Å². The van der Waals surface area contributed by atoms with Gasteiger partial charge in [0, 0.05) is 27.9 Å². The first-order valence-electron chi connectivity index (χ1n) is 11.1. The zero-order valence-electron chi connectivity index (χ0n) is 19.8. The number of hydrogen-bond donors (Lipinski definition) is 1. The molecule has 1 atom stereocenters. The fourth-order valence-electron chi connectivity index (χ4n) is 4.07. The molecule has 0 amide bonds. The maximum absolute atomic E-state index is 11.2. The summed E-state index contributed by atoms with van der Waals surface area (Å²) in [6.07, 6.45) is -0.362. The van der Waals surface area contributed by atoms with Crippen molar-refractivity contribution in [1.82, 2.24) is 0 Å². The fraction of sp³-hybridized carbons (Fsp3) is 0.321. The third-order valence-corrected chi connectivity index (χ3v) is 5.80. The van der Waals surface area contributed by atoms with E-state index in [-0.39, 0.29) is 17.1 Å². The van der Waals surface area contributed by atoms with Crippen LogP contribution in [-0.4, -0.2) is 10.9 Å². The molecule has 1 aliphatic rings.